The summed E-state index contributed by atoms with van der Waals surface area (Å²) < 4.78 is 9.52. The van der Waals surface area contributed by atoms with Gasteiger partial charge in [0.05, 0.1) is 0 Å². The fourth-order valence-corrected chi connectivity index (χ4v) is 9.16. The van der Waals surface area contributed by atoms with Gasteiger partial charge in [0.2, 0.25) is 0 Å². The van der Waals surface area contributed by atoms with Crippen molar-refractivity contribution in [1.29, 1.82) is 0 Å². The molecule has 0 amide bonds. The van der Waals surface area contributed by atoms with Crippen molar-refractivity contribution in [2.45, 2.75) is 0 Å². The van der Waals surface area contributed by atoms with Crippen molar-refractivity contribution in [2.24, 2.45) is 0 Å². The Labute approximate surface area is 300 Å². The lowest BCUT2D eigenvalue weighted by Gasteiger charge is -2.40. The summed E-state index contributed by atoms with van der Waals surface area (Å²) in [6.07, 6.45) is 0. The summed E-state index contributed by atoms with van der Waals surface area (Å²) in [4.78, 5) is 2.49. The van der Waals surface area contributed by atoms with E-state index in [1.54, 1.807) is 0 Å². The Kier molecular flexibility index (Phi) is 5.58. The average Bonchev–Trinajstić information content (AvgIpc) is 3.76. The van der Waals surface area contributed by atoms with Crippen LogP contribution in [0.1, 0.15) is 0 Å². The first-order valence-electron chi connectivity index (χ1n) is 18.0. The van der Waals surface area contributed by atoms with E-state index in [-0.39, 0.29) is 6.85 Å². The van der Waals surface area contributed by atoms with E-state index in [9.17, 15) is 0 Å². The van der Waals surface area contributed by atoms with E-state index in [1.807, 2.05) is 0 Å². The highest BCUT2D eigenvalue weighted by atomic mass is 16.3. The van der Waals surface area contributed by atoms with E-state index >= 15 is 0 Å². The third-order valence-electron chi connectivity index (χ3n) is 11.4. The molecular formula is C48H29BN2O. The maximum absolute atomic E-state index is 6.90. The second-order valence-corrected chi connectivity index (χ2v) is 14.0. The molecule has 0 fully saturated rings. The zero-order chi connectivity index (χ0) is 33.9. The maximum Gasteiger partial charge on any atom is 0.333 e. The van der Waals surface area contributed by atoms with Gasteiger partial charge < -0.3 is 13.8 Å². The molecule has 0 aliphatic carbocycles. The number of para-hydroxylation sites is 3. The molecular weight excluding hydrogens is 631 g/mol. The van der Waals surface area contributed by atoms with Crippen molar-refractivity contribution in [3.63, 3.8) is 0 Å². The van der Waals surface area contributed by atoms with Gasteiger partial charge in [-0.25, -0.2) is 0 Å². The number of fused-ring (bicyclic) bond motifs is 11. The lowest BCUT2D eigenvalue weighted by Crippen LogP contribution is -2.56. The Morgan fingerprint density at radius 3 is 1.92 bits per heavy atom. The molecule has 0 N–H and O–H groups in total. The lowest BCUT2D eigenvalue weighted by atomic mass is 9.44. The van der Waals surface area contributed by atoms with E-state index in [0.717, 1.165) is 27.6 Å². The van der Waals surface area contributed by atoms with Crippen LogP contribution in [0.3, 0.4) is 0 Å². The van der Waals surface area contributed by atoms with Crippen LogP contribution in [0.4, 0.5) is 17.1 Å². The van der Waals surface area contributed by atoms with Crippen LogP contribution in [0.2, 0.25) is 0 Å². The first-order chi connectivity index (χ1) is 25.8. The molecule has 2 aliphatic rings. The van der Waals surface area contributed by atoms with Crippen LogP contribution < -0.4 is 15.8 Å². The Morgan fingerprint density at radius 1 is 0.462 bits per heavy atom. The van der Waals surface area contributed by atoms with Gasteiger partial charge in [0.1, 0.15) is 11.2 Å². The van der Waals surface area contributed by atoms with Crippen molar-refractivity contribution in [3.05, 3.63) is 176 Å². The average molecular weight is 661 g/mol. The van der Waals surface area contributed by atoms with E-state index in [4.69, 9.17) is 4.42 Å². The van der Waals surface area contributed by atoms with Crippen LogP contribution in [-0.2, 0) is 0 Å². The second kappa shape index (κ2) is 10.4. The molecule has 4 heteroatoms. The summed E-state index contributed by atoms with van der Waals surface area (Å²) in [5, 5.41) is 4.82. The molecule has 3 nitrogen and oxygen atoms in total. The fourth-order valence-electron chi connectivity index (χ4n) is 9.16. The van der Waals surface area contributed by atoms with Crippen LogP contribution in [0, 0.1) is 0 Å². The van der Waals surface area contributed by atoms with Crippen LogP contribution >= 0.6 is 0 Å². The Hall–Kier alpha value is -6.78. The first-order valence-corrected chi connectivity index (χ1v) is 18.0. The molecule has 0 atom stereocenters. The quantitative estimate of drug-likeness (QED) is 0.176. The highest BCUT2D eigenvalue weighted by molar-refractivity contribution is 6.90. The lowest BCUT2D eigenvalue weighted by molar-refractivity contribution is 0.670. The molecule has 52 heavy (non-hydrogen) atoms. The minimum absolute atomic E-state index is 0.0709. The summed E-state index contributed by atoms with van der Waals surface area (Å²) in [5.41, 5.74) is 17.7. The topological polar surface area (TPSA) is 21.3 Å². The van der Waals surface area contributed by atoms with Crippen LogP contribution in [-0.4, -0.2) is 11.3 Å². The monoisotopic (exact) mass is 660 g/mol. The second-order valence-electron chi connectivity index (χ2n) is 14.0. The van der Waals surface area contributed by atoms with Gasteiger partial charge in [-0.2, -0.15) is 0 Å². The van der Waals surface area contributed by atoms with Gasteiger partial charge in [0, 0.05) is 60.8 Å². The molecule has 2 aliphatic heterocycles. The van der Waals surface area contributed by atoms with Gasteiger partial charge >= 0.3 is 6.85 Å². The summed E-state index contributed by atoms with van der Waals surface area (Å²) in [6, 6.07) is 64.1. The third-order valence-corrected chi connectivity index (χ3v) is 11.4. The van der Waals surface area contributed by atoms with Gasteiger partial charge in [-0.3, -0.25) is 0 Å². The maximum atomic E-state index is 6.90. The standard InChI is InChI=1S/C48H29BN2O/c1-3-12-30(13-4-1)32-22-25-34(26-23-32)50-42-27-24-33(31-14-5-2-6-15-31)28-40(42)49-46-43(50)29-39-36-17-8-10-21-44(36)52-48(39)45(46)38-19-11-18-37-35-16-7-9-20-41(35)51(49)47(37)38/h1-29H. The molecule has 0 radical (unpaired) electrons. The highest BCUT2D eigenvalue weighted by Crippen LogP contribution is 2.49. The summed E-state index contributed by atoms with van der Waals surface area (Å²) >= 11 is 0. The molecule has 4 heterocycles. The van der Waals surface area contributed by atoms with E-state index < -0.39 is 0 Å². The number of aromatic nitrogens is 1. The van der Waals surface area contributed by atoms with E-state index in [0.29, 0.717) is 0 Å². The minimum atomic E-state index is -0.0709. The number of nitrogens with zero attached hydrogens (tertiary/aromatic N) is 2. The normalized spacial score (nSPS) is 12.9. The number of hydrogen-bond donors (Lipinski definition) is 0. The molecule has 8 aromatic carbocycles. The largest absolute Gasteiger partial charge is 0.455 e. The fraction of sp³-hybridized carbons (Fsp3) is 0. The predicted molar refractivity (Wildman–Crippen MR) is 218 cm³/mol. The van der Waals surface area contributed by atoms with E-state index in [1.165, 1.54) is 77.5 Å². The van der Waals surface area contributed by atoms with Crippen LogP contribution in [0.15, 0.2) is 180 Å². The minimum Gasteiger partial charge on any atom is -0.455 e. The molecule has 10 aromatic rings. The van der Waals surface area contributed by atoms with Crippen molar-refractivity contribution in [2.75, 3.05) is 4.90 Å². The molecule has 240 valence electrons. The SMILES string of the molecule is c1ccc(-c2ccc(N3c4ccc(-c5ccccc5)cc4B4c5c3cc3c(oc6ccccc63)c5-c3cccc5c6ccccc6n4c35)cc2)cc1. The molecule has 0 saturated heterocycles. The van der Waals surface area contributed by atoms with Crippen molar-refractivity contribution >= 4 is 78.6 Å². The molecule has 0 saturated carbocycles. The Bertz CT molecular complexity index is 3070. The summed E-state index contributed by atoms with van der Waals surface area (Å²) in [7, 11) is 0. The summed E-state index contributed by atoms with van der Waals surface area (Å²) in [6.45, 7) is -0.0709. The molecule has 2 aromatic heterocycles. The number of benzene rings is 8. The van der Waals surface area contributed by atoms with Gasteiger partial charge in [-0.15, -0.1) is 0 Å². The molecule has 0 unspecified atom stereocenters. The third kappa shape index (κ3) is 3.71. The number of hydrogen-bond acceptors (Lipinski definition) is 2. The Balaban J connectivity index is 1.24. The predicted octanol–water partition coefficient (Wildman–Crippen LogP) is 11.4. The first kappa shape index (κ1) is 28.0. The molecule has 0 bridgehead atoms. The smallest absolute Gasteiger partial charge is 0.333 e. The van der Waals surface area contributed by atoms with Gasteiger partial charge in [0.15, 0.2) is 0 Å². The Morgan fingerprint density at radius 2 is 1.12 bits per heavy atom. The number of anilines is 3. The van der Waals surface area contributed by atoms with Crippen molar-refractivity contribution in [1.82, 2.24) is 4.48 Å². The van der Waals surface area contributed by atoms with Crippen molar-refractivity contribution in [3.8, 4) is 33.4 Å². The van der Waals surface area contributed by atoms with Crippen LogP contribution in [0.5, 0.6) is 0 Å². The highest BCUT2D eigenvalue weighted by Gasteiger charge is 2.44. The number of rotatable bonds is 3. The zero-order valence-corrected chi connectivity index (χ0v) is 28.1. The van der Waals surface area contributed by atoms with E-state index in [2.05, 4.69) is 185 Å². The summed E-state index contributed by atoms with van der Waals surface area (Å²) in [5.74, 6) is 0. The zero-order valence-electron chi connectivity index (χ0n) is 28.1. The van der Waals surface area contributed by atoms with Gasteiger partial charge in [0.25, 0.3) is 0 Å². The molecule has 0 spiro atoms. The van der Waals surface area contributed by atoms with Crippen LogP contribution in [0.25, 0.3) is 77.1 Å². The number of furan rings is 1. The van der Waals surface area contributed by atoms with Gasteiger partial charge in [-0.1, -0.05) is 140 Å². The van der Waals surface area contributed by atoms with Crippen molar-refractivity contribution < 1.29 is 4.42 Å². The van der Waals surface area contributed by atoms with Gasteiger partial charge in [-0.05, 0) is 69.6 Å². The molecule has 12 rings (SSSR count).